The molecule has 0 saturated carbocycles. The van der Waals surface area contributed by atoms with Crippen molar-refractivity contribution in [2.45, 2.75) is 18.9 Å². The Hall–Kier alpha value is -1.88. The summed E-state index contributed by atoms with van der Waals surface area (Å²) in [5.74, 6) is 0.683. The molecule has 114 valence electrons. The summed E-state index contributed by atoms with van der Waals surface area (Å²) in [6, 6.07) is 5.85. The SMILES string of the molecule is CN(CCCF)c1ccc2c(c1)OC(C=O)C=C2CCN. The highest BCUT2D eigenvalue weighted by Crippen LogP contribution is 2.36. The minimum absolute atomic E-state index is 0.331. The smallest absolute Gasteiger partial charge is 0.172 e. The Balaban J connectivity index is 2.27. The number of alkyl halides is 1. The van der Waals surface area contributed by atoms with Gasteiger partial charge in [-0.2, -0.15) is 0 Å². The van der Waals surface area contributed by atoms with E-state index in [1.165, 1.54) is 0 Å². The van der Waals surface area contributed by atoms with Gasteiger partial charge in [0.25, 0.3) is 0 Å². The number of halogens is 1. The normalized spacial score (nSPS) is 16.7. The molecule has 2 rings (SSSR count). The van der Waals surface area contributed by atoms with E-state index in [0.717, 1.165) is 23.1 Å². The molecule has 0 bridgehead atoms. The number of nitrogens with zero attached hydrogens (tertiary/aromatic N) is 1. The van der Waals surface area contributed by atoms with Crippen molar-refractivity contribution < 1.29 is 13.9 Å². The summed E-state index contributed by atoms with van der Waals surface area (Å²) in [5, 5.41) is 0. The van der Waals surface area contributed by atoms with Crippen LogP contribution in [0.3, 0.4) is 0 Å². The van der Waals surface area contributed by atoms with E-state index in [-0.39, 0.29) is 6.67 Å². The first-order valence-corrected chi connectivity index (χ1v) is 7.14. The van der Waals surface area contributed by atoms with Crippen LogP contribution in [0.2, 0.25) is 0 Å². The van der Waals surface area contributed by atoms with Crippen molar-refractivity contribution >= 4 is 17.5 Å². The number of ether oxygens (including phenoxy) is 1. The molecule has 0 spiro atoms. The molecular weight excluding hydrogens is 271 g/mol. The second-order valence-corrected chi connectivity index (χ2v) is 5.09. The monoisotopic (exact) mass is 292 g/mol. The van der Waals surface area contributed by atoms with Gasteiger partial charge in [0.15, 0.2) is 12.4 Å². The Bertz CT molecular complexity index is 531. The lowest BCUT2D eigenvalue weighted by molar-refractivity contribution is -0.112. The Morgan fingerprint density at radius 1 is 1.48 bits per heavy atom. The molecule has 1 atom stereocenters. The van der Waals surface area contributed by atoms with Gasteiger partial charge in [0, 0.05) is 30.9 Å². The summed E-state index contributed by atoms with van der Waals surface area (Å²) in [7, 11) is 1.91. The predicted molar refractivity (Wildman–Crippen MR) is 82.4 cm³/mol. The number of rotatable bonds is 7. The molecule has 21 heavy (non-hydrogen) atoms. The average Bonchev–Trinajstić information content (AvgIpc) is 2.52. The number of aldehydes is 1. The third kappa shape index (κ3) is 3.61. The number of hydrogen-bond acceptors (Lipinski definition) is 4. The third-order valence-electron chi connectivity index (χ3n) is 3.56. The summed E-state index contributed by atoms with van der Waals surface area (Å²) < 4.78 is 17.9. The van der Waals surface area contributed by atoms with Crippen LogP contribution in [-0.4, -0.2) is 39.2 Å². The molecule has 0 radical (unpaired) electrons. The number of anilines is 1. The van der Waals surface area contributed by atoms with Gasteiger partial charge in [0.2, 0.25) is 0 Å². The van der Waals surface area contributed by atoms with Crippen LogP contribution in [0.4, 0.5) is 10.1 Å². The summed E-state index contributed by atoms with van der Waals surface area (Å²) in [5.41, 5.74) is 8.58. The number of benzene rings is 1. The fraction of sp³-hybridized carbons (Fsp3) is 0.438. The van der Waals surface area contributed by atoms with Crippen LogP contribution in [0.1, 0.15) is 18.4 Å². The van der Waals surface area contributed by atoms with Gasteiger partial charge in [0.1, 0.15) is 5.75 Å². The summed E-state index contributed by atoms with van der Waals surface area (Å²) in [6.45, 7) is 0.829. The lowest BCUT2D eigenvalue weighted by atomic mass is 9.97. The third-order valence-corrected chi connectivity index (χ3v) is 3.56. The first-order chi connectivity index (χ1) is 10.2. The number of carbonyl (C=O) groups is 1. The fourth-order valence-electron chi connectivity index (χ4n) is 2.45. The van der Waals surface area contributed by atoms with Crippen molar-refractivity contribution in [3.8, 4) is 5.75 Å². The maximum absolute atomic E-state index is 12.3. The predicted octanol–water partition coefficient (Wildman–Crippen LogP) is 2.17. The zero-order valence-electron chi connectivity index (χ0n) is 12.2. The van der Waals surface area contributed by atoms with Crippen LogP contribution in [0.15, 0.2) is 24.3 Å². The molecule has 0 amide bonds. The maximum atomic E-state index is 12.3. The van der Waals surface area contributed by atoms with Crippen LogP contribution >= 0.6 is 0 Å². The standard InChI is InChI=1S/C16H21FN2O2/c1-19(8-2-6-17)13-3-4-15-12(5-7-18)9-14(11-20)21-16(15)10-13/h3-4,9-11,14H,2,5-8,18H2,1H3. The molecule has 0 fully saturated rings. The first-order valence-electron chi connectivity index (χ1n) is 7.14. The van der Waals surface area contributed by atoms with Gasteiger partial charge in [-0.25, -0.2) is 0 Å². The number of hydrogen-bond donors (Lipinski definition) is 1. The largest absolute Gasteiger partial charge is 0.478 e. The molecule has 1 unspecified atom stereocenters. The Morgan fingerprint density at radius 2 is 2.29 bits per heavy atom. The number of fused-ring (bicyclic) bond motifs is 1. The molecule has 2 N–H and O–H groups in total. The van der Waals surface area contributed by atoms with Gasteiger partial charge in [0.05, 0.1) is 6.67 Å². The van der Waals surface area contributed by atoms with Gasteiger partial charge >= 0.3 is 0 Å². The average molecular weight is 292 g/mol. The molecule has 0 saturated heterocycles. The van der Waals surface area contributed by atoms with Crippen molar-refractivity contribution in [2.75, 3.05) is 31.7 Å². The van der Waals surface area contributed by atoms with E-state index in [0.29, 0.717) is 31.7 Å². The summed E-state index contributed by atoms with van der Waals surface area (Å²) in [4.78, 5) is 13.0. The van der Waals surface area contributed by atoms with Gasteiger partial charge in [-0.1, -0.05) is 0 Å². The van der Waals surface area contributed by atoms with Crippen LogP contribution in [0.25, 0.3) is 5.57 Å². The van der Waals surface area contributed by atoms with E-state index in [1.807, 2.05) is 36.2 Å². The molecule has 1 heterocycles. The summed E-state index contributed by atoms with van der Waals surface area (Å²) >= 11 is 0. The lowest BCUT2D eigenvalue weighted by Gasteiger charge is -2.25. The molecule has 1 aliphatic heterocycles. The highest BCUT2D eigenvalue weighted by Gasteiger charge is 2.20. The Morgan fingerprint density at radius 3 is 2.95 bits per heavy atom. The van der Waals surface area contributed by atoms with Crippen molar-refractivity contribution in [3.05, 3.63) is 29.8 Å². The van der Waals surface area contributed by atoms with E-state index >= 15 is 0 Å². The minimum Gasteiger partial charge on any atom is -0.478 e. The van der Waals surface area contributed by atoms with Crippen LogP contribution in [-0.2, 0) is 4.79 Å². The minimum atomic E-state index is -0.564. The molecule has 5 heteroatoms. The number of nitrogens with two attached hydrogens (primary N) is 1. The molecule has 1 aromatic rings. The highest BCUT2D eigenvalue weighted by molar-refractivity contribution is 5.79. The van der Waals surface area contributed by atoms with E-state index in [9.17, 15) is 9.18 Å². The second-order valence-electron chi connectivity index (χ2n) is 5.09. The fourth-order valence-corrected chi connectivity index (χ4v) is 2.45. The zero-order chi connectivity index (χ0) is 15.2. The molecule has 4 nitrogen and oxygen atoms in total. The van der Waals surface area contributed by atoms with Crippen molar-refractivity contribution in [1.82, 2.24) is 0 Å². The van der Waals surface area contributed by atoms with Crippen LogP contribution in [0, 0.1) is 0 Å². The molecule has 1 aromatic carbocycles. The van der Waals surface area contributed by atoms with E-state index in [1.54, 1.807) is 0 Å². The highest BCUT2D eigenvalue weighted by atomic mass is 19.1. The molecule has 1 aliphatic rings. The second kappa shape index (κ2) is 7.22. The molecule has 0 aliphatic carbocycles. The van der Waals surface area contributed by atoms with E-state index in [2.05, 4.69) is 0 Å². The van der Waals surface area contributed by atoms with Gasteiger partial charge in [-0.05, 0) is 43.2 Å². The maximum Gasteiger partial charge on any atom is 0.172 e. The summed E-state index contributed by atoms with van der Waals surface area (Å²) in [6.07, 6.45) is 3.22. The van der Waals surface area contributed by atoms with Crippen LogP contribution < -0.4 is 15.4 Å². The van der Waals surface area contributed by atoms with Gasteiger partial charge in [-0.15, -0.1) is 0 Å². The van der Waals surface area contributed by atoms with Crippen molar-refractivity contribution in [1.29, 1.82) is 0 Å². The van der Waals surface area contributed by atoms with E-state index < -0.39 is 6.10 Å². The van der Waals surface area contributed by atoms with Crippen LogP contribution in [0.5, 0.6) is 5.75 Å². The van der Waals surface area contributed by atoms with Gasteiger partial charge < -0.3 is 15.4 Å². The quantitative estimate of drug-likeness (QED) is 0.783. The lowest BCUT2D eigenvalue weighted by Crippen LogP contribution is -2.22. The van der Waals surface area contributed by atoms with E-state index in [4.69, 9.17) is 10.5 Å². The Kier molecular flexibility index (Phi) is 5.33. The Labute approximate surface area is 124 Å². The number of carbonyl (C=O) groups excluding carboxylic acids is 1. The first kappa shape index (κ1) is 15.5. The topological polar surface area (TPSA) is 55.6 Å². The van der Waals surface area contributed by atoms with Crippen molar-refractivity contribution in [3.63, 3.8) is 0 Å². The van der Waals surface area contributed by atoms with Gasteiger partial charge in [-0.3, -0.25) is 9.18 Å². The zero-order valence-corrected chi connectivity index (χ0v) is 12.2. The molecular formula is C16H21FN2O2. The van der Waals surface area contributed by atoms with Crippen molar-refractivity contribution in [2.24, 2.45) is 5.73 Å². The molecule has 0 aromatic heterocycles.